The largest absolute Gasteiger partial charge is 0.504 e. The summed E-state index contributed by atoms with van der Waals surface area (Å²) in [6.45, 7) is -0.287. The predicted molar refractivity (Wildman–Crippen MR) is 125 cm³/mol. The molecule has 0 aliphatic heterocycles. The van der Waals surface area contributed by atoms with Gasteiger partial charge in [0.2, 0.25) is 5.43 Å². The highest BCUT2D eigenvalue weighted by atomic mass is 16.5. The van der Waals surface area contributed by atoms with E-state index < -0.39 is 50.8 Å². The summed E-state index contributed by atoms with van der Waals surface area (Å²) in [5.41, 5.74) is -2.64. The fourth-order valence-corrected chi connectivity index (χ4v) is 3.83. The van der Waals surface area contributed by atoms with Gasteiger partial charge in [0, 0.05) is 37.8 Å². The topological polar surface area (TPSA) is 188 Å². The van der Waals surface area contributed by atoms with Crippen LogP contribution in [0, 0.1) is 0 Å². The first kappa shape index (κ1) is 22.5. The minimum absolute atomic E-state index is 0.0226. The number of phenols is 4. The minimum atomic E-state index is -1.13. The van der Waals surface area contributed by atoms with E-state index in [9.17, 15) is 34.8 Å². The Kier molecular flexibility index (Phi) is 5.13. The maximum Gasteiger partial charge on any atom is 0.343 e. The number of phenolic OH excluding ortho intramolecular Hbond substituents is 4. The van der Waals surface area contributed by atoms with Crippen LogP contribution in [0.4, 0.5) is 0 Å². The molecule has 5 aromatic rings. The van der Waals surface area contributed by atoms with Crippen LogP contribution in [0.15, 0.2) is 57.1 Å². The maximum absolute atomic E-state index is 13.5. The van der Waals surface area contributed by atoms with Crippen molar-refractivity contribution in [3.8, 4) is 34.1 Å². The number of fused-ring (bicyclic) bond motifs is 2. The van der Waals surface area contributed by atoms with Crippen LogP contribution in [-0.2, 0) is 18.4 Å². The number of carbonyl (C=O) groups is 1. The van der Waals surface area contributed by atoms with Crippen molar-refractivity contribution in [3.05, 3.63) is 74.9 Å². The second kappa shape index (κ2) is 8.20. The number of rotatable bonds is 4. The summed E-state index contributed by atoms with van der Waals surface area (Å²) in [7, 11) is 1.68. The first-order valence-corrected chi connectivity index (χ1v) is 10.4. The number of aromatic nitrogens is 3. The van der Waals surface area contributed by atoms with Crippen molar-refractivity contribution in [1.82, 2.24) is 14.5 Å². The van der Waals surface area contributed by atoms with Gasteiger partial charge in [0.25, 0.3) is 0 Å². The Labute approximate surface area is 199 Å². The molecule has 0 unspecified atom stereocenters. The number of carbonyl (C=O) groups excluding carboxylic acids is 1. The molecule has 0 fully saturated rings. The van der Waals surface area contributed by atoms with Gasteiger partial charge in [-0.15, -0.1) is 0 Å². The van der Waals surface area contributed by atoms with Crippen LogP contribution < -0.4 is 10.9 Å². The van der Waals surface area contributed by atoms with Gasteiger partial charge in [0.05, 0.1) is 27.4 Å². The normalized spacial score (nSPS) is 11.2. The molecule has 0 aliphatic rings. The van der Waals surface area contributed by atoms with Gasteiger partial charge in [0.1, 0.15) is 29.8 Å². The number of nitrogens with zero attached hydrogens (tertiary/aromatic N) is 2. The van der Waals surface area contributed by atoms with Crippen molar-refractivity contribution in [2.75, 3.05) is 0 Å². The van der Waals surface area contributed by atoms with Crippen molar-refractivity contribution < 1.29 is 34.4 Å². The minimum Gasteiger partial charge on any atom is -0.504 e. The summed E-state index contributed by atoms with van der Waals surface area (Å²) in [5, 5.41) is 39.6. The van der Waals surface area contributed by atoms with Crippen LogP contribution in [0.1, 0.15) is 16.2 Å². The zero-order valence-corrected chi connectivity index (χ0v) is 18.5. The molecule has 5 N–H and O–H groups in total. The van der Waals surface area contributed by atoms with Crippen molar-refractivity contribution in [1.29, 1.82) is 0 Å². The average Bonchev–Trinajstić information content (AvgIpc) is 3.25. The zero-order chi connectivity index (χ0) is 25.7. The van der Waals surface area contributed by atoms with Gasteiger partial charge >= 0.3 is 5.97 Å². The number of ether oxygens (including phenoxy) is 1. The summed E-state index contributed by atoms with van der Waals surface area (Å²) in [6.07, 6.45) is 5.31. The van der Waals surface area contributed by atoms with E-state index in [0.29, 0.717) is 5.82 Å². The molecule has 0 saturated heterocycles. The lowest BCUT2D eigenvalue weighted by atomic mass is 10.0. The van der Waals surface area contributed by atoms with Crippen LogP contribution >= 0.6 is 0 Å². The fourth-order valence-electron chi connectivity index (χ4n) is 3.83. The highest BCUT2D eigenvalue weighted by Crippen LogP contribution is 2.36. The molecule has 3 aromatic heterocycles. The number of H-pyrrole nitrogens is 1. The maximum atomic E-state index is 13.5. The van der Waals surface area contributed by atoms with Crippen molar-refractivity contribution >= 4 is 27.8 Å². The SMILES string of the molecule is Cn1ccnc1COC(=O)c1c(O)c(O)cc2occ(-c3c[nH]c4cc(O)c(O)cc4c3=O)c(=O)c12. The molecule has 12 nitrogen and oxygen atoms in total. The van der Waals surface area contributed by atoms with Crippen molar-refractivity contribution in [2.24, 2.45) is 7.05 Å². The molecule has 36 heavy (non-hydrogen) atoms. The number of esters is 1. The van der Waals surface area contributed by atoms with E-state index in [1.807, 2.05) is 0 Å². The van der Waals surface area contributed by atoms with Gasteiger partial charge in [0.15, 0.2) is 28.4 Å². The third-order valence-electron chi connectivity index (χ3n) is 5.74. The lowest BCUT2D eigenvalue weighted by Crippen LogP contribution is -2.16. The summed E-state index contributed by atoms with van der Waals surface area (Å²) in [6, 6.07) is 3.14. The molecule has 182 valence electrons. The molecule has 0 amide bonds. The Morgan fingerprint density at radius 2 is 1.81 bits per heavy atom. The number of aromatic hydroxyl groups is 4. The first-order valence-electron chi connectivity index (χ1n) is 10.4. The van der Waals surface area contributed by atoms with Gasteiger partial charge in [-0.3, -0.25) is 9.59 Å². The summed E-state index contributed by atoms with van der Waals surface area (Å²) < 4.78 is 12.3. The molecule has 12 heteroatoms. The Hall–Kier alpha value is -5.26. The second-order valence-electron chi connectivity index (χ2n) is 7.92. The molecule has 3 heterocycles. The first-order chi connectivity index (χ1) is 17.2. The Morgan fingerprint density at radius 1 is 1.06 bits per heavy atom. The lowest BCUT2D eigenvalue weighted by molar-refractivity contribution is 0.0457. The number of aryl methyl sites for hydroxylation is 1. The Balaban J connectivity index is 1.69. The summed E-state index contributed by atoms with van der Waals surface area (Å²) in [4.78, 5) is 46.3. The van der Waals surface area contributed by atoms with E-state index in [1.54, 1.807) is 17.8 Å². The molecular formula is C24H17N3O9. The summed E-state index contributed by atoms with van der Waals surface area (Å²) in [5.74, 6) is -3.34. The van der Waals surface area contributed by atoms with Crippen LogP contribution in [0.2, 0.25) is 0 Å². The number of aromatic amines is 1. The monoisotopic (exact) mass is 491 g/mol. The third kappa shape index (κ3) is 3.48. The van der Waals surface area contributed by atoms with Crippen molar-refractivity contribution in [2.45, 2.75) is 6.61 Å². The van der Waals surface area contributed by atoms with Crippen molar-refractivity contribution in [3.63, 3.8) is 0 Å². The quantitative estimate of drug-likeness (QED) is 0.184. The highest BCUT2D eigenvalue weighted by Gasteiger charge is 2.26. The molecule has 0 bridgehead atoms. The number of pyridine rings is 1. The van der Waals surface area contributed by atoms with Gasteiger partial charge in [-0.25, -0.2) is 9.78 Å². The van der Waals surface area contributed by atoms with Gasteiger partial charge in [-0.1, -0.05) is 0 Å². The fraction of sp³-hybridized carbons (Fsp3) is 0.0833. The number of hydrogen-bond acceptors (Lipinski definition) is 10. The van der Waals surface area contributed by atoms with E-state index in [2.05, 4.69) is 9.97 Å². The smallest absolute Gasteiger partial charge is 0.343 e. The highest BCUT2D eigenvalue weighted by molar-refractivity contribution is 6.07. The van der Waals surface area contributed by atoms with Crippen LogP contribution in [-0.4, -0.2) is 40.9 Å². The second-order valence-corrected chi connectivity index (χ2v) is 7.92. The average molecular weight is 491 g/mol. The molecule has 0 radical (unpaired) electrons. The molecule has 5 rings (SSSR count). The molecule has 2 aromatic carbocycles. The molecule has 0 aliphatic carbocycles. The number of nitrogens with one attached hydrogen (secondary N) is 1. The number of hydrogen-bond donors (Lipinski definition) is 5. The predicted octanol–water partition coefficient (Wildman–Crippen LogP) is 2.21. The van der Waals surface area contributed by atoms with Crippen LogP contribution in [0.3, 0.4) is 0 Å². The molecular weight excluding hydrogens is 474 g/mol. The number of imidazole rings is 1. The number of benzene rings is 2. The Morgan fingerprint density at radius 3 is 2.53 bits per heavy atom. The van der Waals surface area contributed by atoms with Gasteiger partial charge in [-0.05, 0) is 6.07 Å². The van der Waals surface area contributed by atoms with E-state index in [0.717, 1.165) is 24.5 Å². The van der Waals surface area contributed by atoms with E-state index in [1.165, 1.54) is 12.4 Å². The standard InChI is InChI=1S/C24H17N3O9/c1-27-3-2-25-18(27)9-36-24(34)20-19-17(6-16(30)23(20)33)35-8-12(22(19)32)11-7-26-13-5-15(29)14(28)4-10(13)21(11)31/h2-8,28-30,33H,9H2,1H3,(H,26,31). The van der Waals surface area contributed by atoms with E-state index >= 15 is 0 Å². The molecule has 0 spiro atoms. The third-order valence-corrected chi connectivity index (χ3v) is 5.74. The van der Waals surface area contributed by atoms with E-state index in [-0.39, 0.29) is 34.2 Å². The van der Waals surface area contributed by atoms with E-state index in [4.69, 9.17) is 9.15 Å². The Bertz CT molecular complexity index is 1810. The van der Waals surface area contributed by atoms with Gasteiger partial charge < -0.3 is 39.1 Å². The zero-order valence-electron chi connectivity index (χ0n) is 18.5. The summed E-state index contributed by atoms with van der Waals surface area (Å²) >= 11 is 0. The van der Waals surface area contributed by atoms with Crippen LogP contribution in [0.5, 0.6) is 23.0 Å². The van der Waals surface area contributed by atoms with Crippen LogP contribution in [0.25, 0.3) is 33.0 Å². The molecule has 0 atom stereocenters. The van der Waals surface area contributed by atoms with Gasteiger partial charge in [-0.2, -0.15) is 0 Å². The lowest BCUT2D eigenvalue weighted by Gasteiger charge is -2.11. The molecule has 0 saturated carbocycles.